The molecule has 1 atom stereocenters. The summed E-state index contributed by atoms with van der Waals surface area (Å²) in [4.78, 5) is 0. The van der Waals surface area contributed by atoms with Crippen molar-refractivity contribution in [3.8, 4) is 0 Å². The van der Waals surface area contributed by atoms with Crippen molar-refractivity contribution < 1.29 is 0 Å². The van der Waals surface area contributed by atoms with Crippen molar-refractivity contribution >= 4 is 0 Å². The van der Waals surface area contributed by atoms with Crippen LogP contribution in [0, 0.1) is 12.3 Å². The molecular weight excluding hydrogens is 182 g/mol. The number of hydrogen-bond donors (Lipinski definition) is 1. The van der Waals surface area contributed by atoms with Gasteiger partial charge in [-0.3, -0.25) is 0 Å². The molecule has 1 aromatic carbocycles. The van der Waals surface area contributed by atoms with Crippen molar-refractivity contribution in [3.63, 3.8) is 0 Å². The van der Waals surface area contributed by atoms with Crippen LogP contribution in [0.15, 0.2) is 43.0 Å². The van der Waals surface area contributed by atoms with Gasteiger partial charge in [0.1, 0.15) is 0 Å². The lowest BCUT2D eigenvalue weighted by Gasteiger charge is -2.29. The van der Waals surface area contributed by atoms with E-state index in [-0.39, 0.29) is 5.41 Å². The molecule has 1 aromatic rings. The van der Waals surface area contributed by atoms with Crippen LogP contribution >= 0.6 is 0 Å². The lowest BCUT2D eigenvalue weighted by molar-refractivity contribution is 0.357. The Morgan fingerprint density at radius 1 is 1.27 bits per heavy atom. The van der Waals surface area contributed by atoms with E-state index in [1.165, 1.54) is 5.56 Å². The van der Waals surface area contributed by atoms with E-state index < -0.39 is 0 Å². The SMILES string of the molecule is [CH2]CC(C=C)(CCN)Cc1ccccc1. The summed E-state index contributed by atoms with van der Waals surface area (Å²) in [6, 6.07) is 10.4. The molecular formula is C14H20N. The van der Waals surface area contributed by atoms with Gasteiger partial charge < -0.3 is 5.73 Å². The molecule has 0 aromatic heterocycles. The monoisotopic (exact) mass is 202 g/mol. The molecule has 0 saturated heterocycles. The van der Waals surface area contributed by atoms with Crippen LogP contribution in [-0.4, -0.2) is 6.54 Å². The highest BCUT2D eigenvalue weighted by atomic mass is 14.5. The Hall–Kier alpha value is -1.08. The van der Waals surface area contributed by atoms with Gasteiger partial charge >= 0.3 is 0 Å². The smallest absolute Gasteiger partial charge is 0.00686 e. The highest BCUT2D eigenvalue weighted by Crippen LogP contribution is 2.31. The van der Waals surface area contributed by atoms with Crippen LogP contribution in [0.1, 0.15) is 18.4 Å². The number of nitrogens with two attached hydrogens (primary N) is 1. The third-order valence-electron chi connectivity index (χ3n) is 2.97. The van der Waals surface area contributed by atoms with E-state index in [1.54, 1.807) is 0 Å². The third-order valence-corrected chi connectivity index (χ3v) is 2.97. The van der Waals surface area contributed by atoms with Crippen molar-refractivity contribution in [2.24, 2.45) is 11.1 Å². The fraction of sp³-hybridized carbons (Fsp3) is 0.357. The topological polar surface area (TPSA) is 26.0 Å². The van der Waals surface area contributed by atoms with Gasteiger partial charge in [-0.15, -0.1) is 6.58 Å². The van der Waals surface area contributed by atoms with E-state index in [2.05, 4.69) is 37.8 Å². The van der Waals surface area contributed by atoms with Crippen molar-refractivity contribution in [1.82, 2.24) is 0 Å². The Labute approximate surface area is 93.0 Å². The minimum atomic E-state index is 0.0656. The quantitative estimate of drug-likeness (QED) is 0.705. The minimum absolute atomic E-state index is 0.0656. The zero-order valence-electron chi connectivity index (χ0n) is 9.28. The number of benzene rings is 1. The summed E-state index contributed by atoms with van der Waals surface area (Å²) in [6.07, 6.45) is 4.80. The molecule has 1 nitrogen and oxygen atoms in total. The summed E-state index contributed by atoms with van der Waals surface area (Å²) in [7, 11) is 0. The van der Waals surface area contributed by atoms with E-state index in [4.69, 9.17) is 5.73 Å². The van der Waals surface area contributed by atoms with Gasteiger partial charge in [0.2, 0.25) is 0 Å². The maximum Gasteiger partial charge on any atom is -0.00686 e. The van der Waals surface area contributed by atoms with Crippen molar-refractivity contribution in [2.45, 2.75) is 19.3 Å². The predicted molar refractivity (Wildman–Crippen MR) is 66.4 cm³/mol. The first-order valence-corrected chi connectivity index (χ1v) is 5.43. The van der Waals surface area contributed by atoms with Crippen LogP contribution in [0.25, 0.3) is 0 Å². The van der Waals surface area contributed by atoms with E-state index in [0.29, 0.717) is 6.54 Å². The van der Waals surface area contributed by atoms with Gasteiger partial charge in [-0.2, -0.15) is 0 Å². The molecule has 0 aliphatic heterocycles. The fourth-order valence-corrected chi connectivity index (χ4v) is 1.87. The minimum Gasteiger partial charge on any atom is -0.330 e. The zero-order chi connectivity index (χ0) is 11.1. The Morgan fingerprint density at radius 2 is 1.93 bits per heavy atom. The molecule has 0 fully saturated rings. The molecule has 0 bridgehead atoms. The van der Waals surface area contributed by atoms with Gasteiger partial charge in [0.15, 0.2) is 0 Å². The Bertz CT molecular complexity index is 291. The third kappa shape index (κ3) is 3.21. The summed E-state index contributed by atoms with van der Waals surface area (Å²) in [5.74, 6) is 0. The maximum absolute atomic E-state index is 5.64. The standard InChI is InChI=1S/C14H20N/c1-3-14(4-2,10-11-15)12-13-8-6-5-7-9-13/h3,5-9H,1-2,4,10-12,15H2. The normalized spacial score (nSPS) is 14.5. The Kier molecular flexibility index (Phi) is 4.57. The fourth-order valence-electron chi connectivity index (χ4n) is 1.87. The molecule has 1 radical (unpaired) electrons. The molecule has 0 heterocycles. The van der Waals surface area contributed by atoms with Crippen LogP contribution in [0.4, 0.5) is 0 Å². The van der Waals surface area contributed by atoms with Gasteiger partial charge in [0, 0.05) is 0 Å². The van der Waals surface area contributed by atoms with Crippen LogP contribution in [0.5, 0.6) is 0 Å². The largest absolute Gasteiger partial charge is 0.330 e. The van der Waals surface area contributed by atoms with E-state index in [9.17, 15) is 0 Å². The molecule has 1 heteroatoms. The molecule has 0 amide bonds. The number of hydrogen-bond acceptors (Lipinski definition) is 1. The molecule has 0 spiro atoms. The molecule has 2 N–H and O–H groups in total. The number of rotatable bonds is 6. The van der Waals surface area contributed by atoms with E-state index in [1.807, 2.05) is 12.1 Å². The van der Waals surface area contributed by atoms with Gasteiger partial charge in [-0.05, 0) is 36.8 Å². The van der Waals surface area contributed by atoms with Crippen molar-refractivity contribution in [3.05, 3.63) is 55.5 Å². The lowest BCUT2D eigenvalue weighted by atomic mass is 9.76. The lowest BCUT2D eigenvalue weighted by Crippen LogP contribution is -2.24. The second kappa shape index (κ2) is 5.72. The summed E-state index contributed by atoms with van der Waals surface area (Å²) in [5.41, 5.74) is 7.04. The second-order valence-electron chi connectivity index (χ2n) is 4.02. The van der Waals surface area contributed by atoms with Gasteiger partial charge in [0.05, 0.1) is 0 Å². The average molecular weight is 202 g/mol. The first-order valence-electron chi connectivity index (χ1n) is 5.43. The number of allylic oxidation sites excluding steroid dienone is 1. The summed E-state index contributed by atoms with van der Waals surface area (Å²) < 4.78 is 0. The molecule has 15 heavy (non-hydrogen) atoms. The first-order chi connectivity index (χ1) is 7.26. The summed E-state index contributed by atoms with van der Waals surface area (Å²) in [6.45, 7) is 8.63. The van der Waals surface area contributed by atoms with Crippen LogP contribution in [0.2, 0.25) is 0 Å². The predicted octanol–water partition coefficient (Wildman–Crippen LogP) is 2.97. The van der Waals surface area contributed by atoms with Crippen LogP contribution < -0.4 is 5.73 Å². The molecule has 81 valence electrons. The Morgan fingerprint density at radius 3 is 2.40 bits per heavy atom. The second-order valence-corrected chi connectivity index (χ2v) is 4.02. The maximum atomic E-state index is 5.64. The van der Waals surface area contributed by atoms with E-state index >= 15 is 0 Å². The van der Waals surface area contributed by atoms with Gasteiger partial charge in [-0.1, -0.05) is 43.3 Å². The molecule has 0 aliphatic carbocycles. The highest BCUT2D eigenvalue weighted by molar-refractivity contribution is 5.18. The molecule has 1 rings (SSSR count). The highest BCUT2D eigenvalue weighted by Gasteiger charge is 2.23. The summed E-state index contributed by atoms with van der Waals surface area (Å²) in [5, 5.41) is 0. The Balaban J connectivity index is 2.78. The van der Waals surface area contributed by atoms with Crippen LogP contribution in [-0.2, 0) is 6.42 Å². The molecule has 0 saturated carbocycles. The molecule has 1 unspecified atom stereocenters. The van der Waals surface area contributed by atoms with Crippen molar-refractivity contribution in [2.75, 3.05) is 6.54 Å². The van der Waals surface area contributed by atoms with E-state index in [0.717, 1.165) is 19.3 Å². The van der Waals surface area contributed by atoms with Gasteiger partial charge in [0.25, 0.3) is 0 Å². The van der Waals surface area contributed by atoms with Crippen LogP contribution in [0.3, 0.4) is 0 Å². The van der Waals surface area contributed by atoms with Crippen molar-refractivity contribution in [1.29, 1.82) is 0 Å². The van der Waals surface area contributed by atoms with Gasteiger partial charge in [-0.25, -0.2) is 0 Å². The summed E-state index contributed by atoms with van der Waals surface area (Å²) >= 11 is 0. The zero-order valence-corrected chi connectivity index (χ0v) is 9.28. The molecule has 0 aliphatic rings. The first kappa shape index (κ1) is 12.0. The average Bonchev–Trinajstić information content (AvgIpc) is 2.30.